The Labute approximate surface area is 207 Å². The Morgan fingerprint density at radius 1 is 0.568 bits per heavy atom. The maximum absolute atomic E-state index is 14.9. The first-order valence-corrected chi connectivity index (χ1v) is 11.1. The van der Waals surface area contributed by atoms with Crippen LogP contribution in [0.15, 0.2) is 72.6 Å². The Morgan fingerprint density at radius 3 is 1.65 bits per heavy atom. The van der Waals surface area contributed by atoms with Crippen molar-refractivity contribution < 1.29 is 35.1 Å². The van der Waals surface area contributed by atoms with Gasteiger partial charge in [0, 0.05) is 16.7 Å². The molecule has 190 valence electrons. The van der Waals surface area contributed by atoms with E-state index in [4.69, 9.17) is 0 Å². The first-order valence-electron chi connectivity index (χ1n) is 11.1. The lowest BCUT2D eigenvalue weighted by molar-refractivity contribution is 0.445. The van der Waals surface area contributed by atoms with Gasteiger partial charge < -0.3 is 0 Å². The zero-order valence-corrected chi connectivity index (χ0v) is 19.3. The van der Waals surface area contributed by atoms with Crippen LogP contribution in [0, 0.1) is 34.9 Å². The lowest BCUT2D eigenvalue weighted by Gasteiger charge is -2.11. The van der Waals surface area contributed by atoms with Crippen LogP contribution >= 0.6 is 0 Å². The molecule has 0 aliphatic rings. The summed E-state index contributed by atoms with van der Waals surface area (Å²) in [6, 6.07) is 13.1. The molecule has 0 heterocycles. The lowest BCUT2D eigenvalue weighted by Crippen LogP contribution is -2.02. The van der Waals surface area contributed by atoms with Crippen LogP contribution < -0.4 is 0 Å². The van der Waals surface area contributed by atoms with Gasteiger partial charge in [-0.1, -0.05) is 36.4 Å². The minimum absolute atomic E-state index is 0.0209. The summed E-state index contributed by atoms with van der Waals surface area (Å²) in [5.41, 5.74) is 0.465. The van der Waals surface area contributed by atoms with Gasteiger partial charge in [0.25, 0.3) is 0 Å². The molecule has 0 N–H and O–H groups in total. The van der Waals surface area contributed by atoms with E-state index < -0.39 is 46.6 Å². The van der Waals surface area contributed by atoms with Gasteiger partial charge in [0.15, 0.2) is 23.3 Å². The Morgan fingerprint density at radius 2 is 1.11 bits per heavy atom. The summed E-state index contributed by atoms with van der Waals surface area (Å²) >= 11 is 0. The maximum Gasteiger partial charge on any atom is 0.194 e. The van der Waals surface area contributed by atoms with Gasteiger partial charge in [-0.25, -0.2) is 35.1 Å². The minimum atomic E-state index is -1.63. The molecule has 37 heavy (non-hydrogen) atoms. The monoisotopic (exact) mass is 518 g/mol. The molecule has 0 saturated heterocycles. The SMILES string of the molecule is C/C(F)=C(\F)c1ccc(-c2ccc(-c3cc(F)c(CCc4cc(F)c(F)c(F)c4)c(F)c3)c(F)c2)cc1. The predicted molar refractivity (Wildman–Crippen MR) is 126 cm³/mol. The average Bonchev–Trinajstić information content (AvgIpc) is 2.86. The molecule has 0 nitrogen and oxygen atoms in total. The molecule has 0 unspecified atom stereocenters. The van der Waals surface area contributed by atoms with E-state index in [0.29, 0.717) is 11.1 Å². The van der Waals surface area contributed by atoms with Crippen LogP contribution in [0.1, 0.15) is 23.6 Å². The van der Waals surface area contributed by atoms with Crippen LogP contribution in [0.3, 0.4) is 0 Å². The molecular weight excluding hydrogens is 500 g/mol. The van der Waals surface area contributed by atoms with E-state index >= 15 is 0 Å². The summed E-state index contributed by atoms with van der Waals surface area (Å²) < 4.78 is 111. The quantitative estimate of drug-likeness (QED) is 0.176. The second kappa shape index (κ2) is 10.6. The zero-order valence-electron chi connectivity index (χ0n) is 19.3. The van der Waals surface area contributed by atoms with E-state index in [1.54, 1.807) is 0 Å². The molecule has 0 atom stereocenters. The second-order valence-corrected chi connectivity index (χ2v) is 8.41. The third-order valence-electron chi connectivity index (χ3n) is 5.90. The average molecular weight is 518 g/mol. The third-order valence-corrected chi connectivity index (χ3v) is 5.90. The molecule has 0 aliphatic carbocycles. The minimum Gasteiger partial charge on any atom is -0.209 e. The van der Waals surface area contributed by atoms with Crippen molar-refractivity contribution in [1.29, 1.82) is 0 Å². The highest BCUT2D eigenvalue weighted by atomic mass is 19.2. The lowest BCUT2D eigenvalue weighted by atomic mass is 9.96. The smallest absolute Gasteiger partial charge is 0.194 e. The summed E-state index contributed by atoms with van der Waals surface area (Å²) in [5.74, 6) is -9.13. The molecule has 4 aromatic rings. The fraction of sp³-hybridized carbons (Fsp3) is 0.103. The first-order chi connectivity index (χ1) is 17.5. The van der Waals surface area contributed by atoms with Crippen LogP contribution in [0.4, 0.5) is 35.1 Å². The largest absolute Gasteiger partial charge is 0.209 e. The zero-order chi connectivity index (χ0) is 26.9. The Hall–Kier alpha value is -3.94. The molecule has 0 radical (unpaired) electrons. The van der Waals surface area contributed by atoms with E-state index in [2.05, 4.69) is 0 Å². The molecular formula is C29H18F8. The van der Waals surface area contributed by atoms with Crippen LogP contribution in [0.2, 0.25) is 0 Å². The van der Waals surface area contributed by atoms with Gasteiger partial charge in [0.2, 0.25) is 0 Å². The van der Waals surface area contributed by atoms with E-state index in [0.717, 1.165) is 37.3 Å². The van der Waals surface area contributed by atoms with E-state index in [1.165, 1.54) is 36.4 Å². The molecule has 0 fully saturated rings. The number of halogens is 8. The molecule has 4 aromatic carbocycles. The molecule has 0 bridgehead atoms. The van der Waals surface area contributed by atoms with Crippen molar-refractivity contribution in [2.45, 2.75) is 19.8 Å². The number of aryl methyl sites for hydroxylation is 1. The molecule has 0 spiro atoms. The second-order valence-electron chi connectivity index (χ2n) is 8.41. The summed E-state index contributed by atoms with van der Waals surface area (Å²) in [6.07, 6.45) is -0.425. The van der Waals surface area contributed by atoms with Gasteiger partial charge in [0.1, 0.15) is 23.3 Å². The molecule has 8 heteroatoms. The summed E-state index contributed by atoms with van der Waals surface area (Å²) in [7, 11) is 0. The van der Waals surface area contributed by atoms with Crippen LogP contribution in [-0.4, -0.2) is 0 Å². The standard InChI is InChI=1S/C29H18F8/c1-15(30)28(36)18-5-3-17(4-6-18)19-7-9-21(23(31)12-19)20-13-24(32)22(25(33)14-20)8-2-16-10-26(34)29(37)27(35)11-16/h3-7,9-14H,2,8H2,1H3/b28-15+. The number of allylic oxidation sites excluding steroid dienone is 1. The van der Waals surface area contributed by atoms with Crippen LogP contribution in [-0.2, 0) is 12.8 Å². The van der Waals surface area contributed by atoms with Gasteiger partial charge in [-0.15, -0.1) is 0 Å². The fourth-order valence-corrected chi connectivity index (χ4v) is 3.96. The van der Waals surface area contributed by atoms with Gasteiger partial charge in [0.05, 0.1) is 0 Å². The van der Waals surface area contributed by atoms with Gasteiger partial charge >= 0.3 is 0 Å². The molecule has 4 rings (SSSR count). The van der Waals surface area contributed by atoms with Gasteiger partial charge in [-0.05, 0) is 72.4 Å². The summed E-state index contributed by atoms with van der Waals surface area (Å²) in [5, 5.41) is 0. The summed E-state index contributed by atoms with van der Waals surface area (Å²) in [4.78, 5) is 0. The Kier molecular flexibility index (Phi) is 7.47. The highest BCUT2D eigenvalue weighted by Crippen LogP contribution is 2.32. The molecule has 0 amide bonds. The fourth-order valence-electron chi connectivity index (χ4n) is 3.96. The highest BCUT2D eigenvalue weighted by molar-refractivity contribution is 5.73. The van der Waals surface area contributed by atoms with E-state index in [1.807, 2.05) is 0 Å². The van der Waals surface area contributed by atoms with Crippen molar-refractivity contribution in [3.05, 3.63) is 124 Å². The molecule has 0 aromatic heterocycles. The number of benzene rings is 4. The van der Waals surface area contributed by atoms with Crippen LogP contribution in [0.5, 0.6) is 0 Å². The number of hydrogen-bond acceptors (Lipinski definition) is 0. The summed E-state index contributed by atoms with van der Waals surface area (Å²) in [6.45, 7) is 0.989. The van der Waals surface area contributed by atoms with E-state index in [9.17, 15) is 35.1 Å². The molecule has 0 saturated carbocycles. The first kappa shape index (κ1) is 26.1. The normalized spacial score (nSPS) is 12.0. The van der Waals surface area contributed by atoms with Crippen molar-refractivity contribution in [2.24, 2.45) is 0 Å². The van der Waals surface area contributed by atoms with Crippen molar-refractivity contribution in [3.63, 3.8) is 0 Å². The maximum atomic E-state index is 14.9. The van der Waals surface area contributed by atoms with Crippen molar-refractivity contribution in [2.75, 3.05) is 0 Å². The number of rotatable bonds is 6. The Balaban J connectivity index is 1.56. The van der Waals surface area contributed by atoms with Crippen molar-refractivity contribution in [3.8, 4) is 22.3 Å². The highest BCUT2D eigenvalue weighted by Gasteiger charge is 2.17. The van der Waals surface area contributed by atoms with Crippen molar-refractivity contribution in [1.82, 2.24) is 0 Å². The number of hydrogen-bond donors (Lipinski definition) is 0. The Bertz CT molecular complexity index is 1450. The van der Waals surface area contributed by atoms with Gasteiger partial charge in [-0.2, -0.15) is 0 Å². The van der Waals surface area contributed by atoms with Gasteiger partial charge in [-0.3, -0.25) is 0 Å². The van der Waals surface area contributed by atoms with Crippen molar-refractivity contribution >= 4 is 5.83 Å². The molecule has 0 aliphatic heterocycles. The van der Waals surface area contributed by atoms with E-state index in [-0.39, 0.29) is 40.7 Å². The topological polar surface area (TPSA) is 0 Å². The third kappa shape index (κ3) is 5.58. The van der Waals surface area contributed by atoms with Crippen LogP contribution in [0.25, 0.3) is 28.1 Å². The predicted octanol–water partition coefficient (Wildman–Crippen LogP) is 9.27.